The van der Waals surface area contributed by atoms with Gasteiger partial charge in [0.15, 0.2) is 5.69 Å². The summed E-state index contributed by atoms with van der Waals surface area (Å²) in [6, 6.07) is 6.96. The molecule has 146 valence electrons. The van der Waals surface area contributed by atoms with Gasteiger partial charge in [0.05, 0.1) is 17.7 Å². The third-order valence-electron chi connectivity index (χ3n) is 3.92. The van der Waals surface area contributed by atoms with Crippen molar-refractivity contribution in [2.24, 2.45) is 0 Å². The summed E-state index contributed by atoms with van der Waals surface area (Å²) in [5, 5.41) is 9.68. The summed E-state index contributed by atoms with van der Waals surface area (Å²) in [5.74, 6) is -0.807. The predicted molar refractivity (Wildman–Crippen MR) is 112 cm³/mol. The van der Waals surface area contributed by atoms with E-state index in [0.717, 1.165) is 9.15 Å². The Morgan fingerprint density at radius 2 is 1.96 bits per heavy atom. The number of fused-ring (bicyclic) bond motifs is 1. The van der Waals surface area contributed by atoms with Crippen molar-refractivity contribution in [3.8, 4) is 5.69 Å². The first-order valence-electron chi connectivity index (χ1n) is 8.73. The molecule has 0 aliphatic carbocycles. The Morgan fingerprint density at radius 1 is 1.25 bits per heavy atom. The molecule has 1 aromatic carbocycles. The third-order valence-corrected chi connectivity index (χ3v) is 5.35. The largest absolute Gasteiger partial charge is 0.461 e. The quantitative estimate of drug-likeness (QED) is 0.555. The number of halogens is 1. The van der Waals surface area contributed by atoms with Crippen molar-refractivity contribution in [2.45, 2.75) is 26.7 Å². The van der Waals surface area contributed by atoms with Crippen LogP contribution in [0.25, 0.3) is 16.5 Å². The average molecular weight is 464 g/mol. The maximum atomic E-state index is 13.2. The lowest BCUT2D eigenvalue weighted by atomic mass is 10.2. The Bertz CT molecular complexity index is 1090. The lowest BCUT2D eigenvalue weighted by Gasteiger charge is -2.10. The van der Waals surface area contributed by atoms with Crippen LogP contribution in [-0.2, 0) is 9.53 Å². The van der Waals surface area contributed by atoms with Crippen LogP contribution in [0.15, 0.2) is 38.9 Å². The van der Waals surface area contributed by atoms with E-state index in [-0.39, 0.29) is 23.6 Å². The van der Waals surface area contributed by atoms with E-state index in [1.54, 1.807) is 36.6 Å². The van der Waals surface area contributed by atoms with Crippen molar-refractivity contribution < 1.29 is 14.3 Å². The number of esters is 1. The summed E-state index contributed by atoms with van der Waals surface area (Å²) < 4.78 is 7.11. The molecule has 3 rings (SSSR count). The average Bonchev–Trinajstić information content (AvgIpc) is 3.07. The van der Waals surface area contributed by atoms with Crippen LogP contribution in [0.3, 0.4) is 0 Å². The zero-order chi connectivity index (χ0) is 20.3. The summed E-state index contributed by atoms with van der Waals surface area (Å²) in [4.78, 5) is 37.7. The number of anilines is 1. The molecule has 0 saturated heterocycles. The first-order valence-corrected chi connectivity index (χ1v) is 10.4. The van der Waals surface area contributed by atoms with Crippen LogP contribution in [0.2, 0.25) is 0 Å². The van der Waals surface area contributed by atoms with Gasteiger partial charge in [-0.25, -0.2) is 4.79 Å². The number of amides is 1. The van der Waals surface area contributed by atoms with Crippen molar-refractivity contribution in [3.05, 3.63) is 50.2 Å². The van der Waals surface area contributed by atoms with Crippen LogP contribution in [0.1, 0.15) is 37.2 Å². The molecule has 0 fully saturated rings. The minimum Gasteiger partial charge on any atom is -0.461 e. The smallest absolute Gasteiger partial charge is 0.359 e. The van der Waals surface area contributed by atoms with E-state index < -0.39 is 11.5 Å². The highest BCUT2D eigenvalue weighted by atomic mass is 79.9. The van der Waals surface area contributed by atoms with E-state index in [0.29, 0.717) is 28.9 Å². The molecule has 1 amide bonds. The molecule has 2 heterocycles. The van der Waals surface area contributed by atoms with Crippen molar-refractivity contribution in [1.29, 1.82) is 0 Å². The number of hydrogen-bond donors (Lipinski definition) is 1. The molecule has 0 aliphatic rings. The first-order chi connectivity index (χ1) is 13.5. The van der Waals surface area contributed by atoms with E-state index in [9.17, 15) is 14.4 Å². The van der Waals surface area contributed by atoms with Gasteiger partial charge < -0.3 is 10.1 Å². The number of ether oxygens (including phenoxy) is 1. The molecule has 0 bridgehead atoms. The molecule has 0 saturated carbocycles. The molecular formula is C19H18BrN3O4S. The number of carbonyl (C=O) groups is 2. The number of rotatable bonds is 6. The summed E-state index contributed by atoms with van der Waals surface area (Å²) in [5.41, 5.74) is 0.114. The van der Waals surface area contributed by atoms with Gasteiger partial charge in [0.1, 0.15) is 5.00 Å². The molecule has 0 atom stereocenters. The number of aromatic nitrogens is 2. The number of nitrogens with zero attached hydrogens (tertiary/aromatic N) is 2. The van der Waals surface area contributed by atoms with Gasteiger partial charge in [-0.05, 0) is 37.6 Å². The van der Waals surface area contributed by atoms with E-state index in [2.05, 4.69) is 26.3 Å². The van der Waals surface area contributed by atoms with Gasteiger partial charge in [-0.15, -0.1) is 11.3 Å². The highest BCUT2D eigenvalue weighted by molar-refractivity contribution is 9.10. The lowest BCUT2D eigenvalue weighted by molar-refractivity contribution is -0.116. The number of benzene rings is 1. The van der Waals surface area contributed by atoms with E-state index >= 15 is 0 Å². The van der Waals surface area contributed by atoms with Gasteiger partial charge in [0, 0.05) is 21.7 Å². The summed E-state index contributed by atoms with van der Waals surface area (Å²) in [6.45, 7) is 3.78. The zero-order valence-electron chi connectivity index (χ0n) is 15.3. The number of carbonyl (C=O) groups excluding carboxylic acids is 2. The Balaban J connectivity index is 2.24. The fraction of sp³-hybridized carbons (Fsp3) is 0.263. The number of hydrogen-bond acceptors (Lipinski definition) is 6. The van der Waals surface area contributed by atoms with Crippen LogP contribution < -0.4 is 10.9 Å². The van der Waals surface area contributed by atoms with E-state index in [1.807, 2.05) is 6.92 Å². The van der Waals surface area contributed by atoms with E-state index in [1.165, 1.54) is 11.3 Å². The zero-order valence-corrected chi connectivity index (χ0v) is 17.7. The lowest BCUT2D eigenvalue weighted by Crippen LogP contribution is -2.25. The Labute approximate surface area is 173 Å². The van der Waals surface area contributed by atoms with Crippen molar-refractivity contribution >= 4 is 54.9 Å². The number of nitrogens with one attached hydrogen (secondary N) is 1. The minimum atomic E-state index is -0.623. The standard InChI is InChI=1S/C19H18BrN3O4S/c1-3-5-14(24)21-17-15-13(10-28-17)16(19(26)27-4-2)22-23(18(15)25)12-8-6-11(20)7-9-12/h6-10H,3-5H2,1-2H3,(H,21,24). The summed E-state index contributed by atoms with van der Waals surface area (Å²) in [7, 11) is 0. The van der Waals surface area contributed by atoms with Crippen LogP contribution in [-0.4, -0.2) is 28.3 Å². The van der Waals surface area contributed by atoms with Gasteiger partial charge in [-0.2, -0.15) is 9.78 Å². The molecule has 0 spiro atoms. The van der Waals surface area contributed by atoms with Crippen molar-refractivity contribution in [2.75, 3.05) is 11.9 Å². The van der Waals surface area contributed by atoms with Gasteiger partial charge >= 0.3 is 5.97 Å². The minimum absolute atomic E-state index is 0.0339. The van der Waals surface area contributed by atoms with Crippen LogP contribution >= 0.6 is 27.3 Å². The molecule has 9 heteroatoms. The van der Waals surface area contributed by atoms with Gasteiger partial charge in [-0.3, -0.25) is 9.59 Å². The Hall–Kier alpha value is -2.52. The first kappa shape index (κ1) is 20.2. The van der Waals surface area contributed by atoms with Gasteiger partial charge in [0.2, 0.25) is 5.91 Å². The monoisotopic (exact) mass is 463 g/mol. The predicted octanol–water partition coefficient (Wildman–Crippen LogP) is 4.13. The molecule has 1 N–H and O–H groups in total. The fourth-order valence-electron chi connectivity index (χ4n) is 2.67. The van der Waals surface area contributed by atoms with Gasteiger partial charge in [-0.1, -0.05) is 22.9 Å². The van der Waals surface area contributed by atoms with Crippen LogP contribution in [0.4, 0.5) is 5.00 Å². The molecular weight excluding hydrogens is 446 g/mol. The normalized spacial score (nSPS) is 10.8. The molecule has 0 radical (unpaired) electrons. The Morgan fingerprint density at radius 3 is 2.61 bits per heavy atom. The molecule has 7 nitrogen and oxygen atoms in total. The van der Waals surface area contributed by atoms with Crippen LogP contribution in [0.5, 0.6) is 0 Å². The van der Waals surface area contributed by atoms with E-state index in [4.69, 9.17) is 4.74 Å². The SMILES string of the molecule is CCCC(=O)Nc1scc2c(C(=O)OCC)nn(-c3ccc(Br)cc3)c(=O)c12. The molecule has 28 heavy (non-hydrogen) atoms. The highest BCUT2D eigenvalue weighted by Crippen LogP contribution is 2.31. The topological polar surface area (TPSA) is 90.3 Å². The van der Waals surface area contributed by atoms with Crippen LogP contribution in [0, 0.1) is 0 Å². The molecule has 3 aromatic rings. The highest BCUT2D eigenvalue weighted by Gasteiger charge is 2.23. The summed E-state index contributed by atoms with van der Waals surface area (Å²) >= 11 is 4.54. The van der Waals surface area contributed by atoms with Crippen molar-refractivity contribution in [1.82, 2.24) is 9.78 Å². The van der Waals surface area contributed by atoms with Gasteiger partial charge in [0.25, 0.3) is 5.56 Å². The third kappa shape index (κ3) is 4.00. The second-order valence-corrected chi connectivity index (χ2v) is 7.71. The maximum Gasteiger partial charge on any atom is 0.359 e. The second kappa shape index (κ2) is 8.66. The molecule has 0 unspecified atom stereocenters. The fourth-order valence-corrected chi connectivity index (χ4v) is 3.88. The molecule has 0 aliphatic heterocycles. The summed E-state index contributed by atoms with van der Waals surface area (Å²) in [6.07, 6.45) is 1.03. The number of thiophene rings is 1. The maximum absolute atomic E-state index is 13.2. The van der Waals surface area contributed by atoms with Crippen molar-refractivity contribution in [3.63, 3.8) is 0 Å². The second-order valence-electron chi connectivity index (χ2n) is 5.91. The molecule has 2 aromatic heterocycles. The Kier molecular flexibility index (Phi) is 6.25.